The number of β-amino-alcohol motifs (C(OH)–C–C–N with tert-alkyl or cyclic N) is 1. The van der Waals surface area contributed by atoms with Crippen molar-refractivity contribution in [1.82, 2.24) is 9.80 Å². The summed E-state index contributed by atoms with van der Waals surface area (Å²) in [7, 11) is 0. The third kappa shape index (κ3) is 10.2. The lowest BCUT2D eigenvalue weighted by atomic mass is 9.89. The smallest absolute Gasteiger partial charge is 0.0593 e. The zero-order valence-electron chi connectivity index (χ0n) is 14.4. The van der Waals surface area contributed by atoms with Crippen LogP contribution in [0.1, 0.15) is 46.5 Å². The van der Waals surface area contributed by atoms with Crippen molar-refractivity contribution in [3.63, 3.8) is 0 Å². The number of hydrogen-bond donors (Lipinski definition) is 1. The number of aliphatic hydroxyl groups excluding tert-OH is 1. The fourth-order valence-corrected chi connectivity index (χ4v) is 2.71. The molecule has 1 fully saturated rings. The molecule has 0 bridgehead atoms. The Bertz CT molecular complexity index is 246. The van der Waals surface area contributed by atoms with Crippen molar-refractivity contribution in [1.29, 1.82) is 0 Å². The predicted octanol–water partition coefficient (Wildman–Crippen LogP) is 2.22. The highest BCUT2D eigenvalue weighted by molar-refractivity contribution is 4.71. The van der Waals surface area contributed by atoms with Gasteiger partial charge in [-0.1, -0.05) is 33.6 Å². The molecule has 1 aliphatic heterocycles. The van der Waals surface area contributed by atoms with Crippen molar-refractivity contribution < 1.29 is 9.84 Å². The van der Waals surface area contributed by atoms with Crippen LogP contribution in [-0.4, -0.2) is 74.0 Å². The molecule has 4 nitrogen and oxygen atoms in total. The normalized spacial score (nSPS) is 18.3. The van der Waals surface area contributed by atoms with E-state index in [0.717, 1.165) is 52.5 Å². The Kier molecular flexibility index (Phi) is 9.49. The zero-order valence-corrected chi connectivity index (χ0v) is 14.4. The van der Waals surface area contributed by atoms with E-state index < -0.39 is 0 Å². The number of piperazine rings is 1. The summed E-state index contributed by atoms with van der Waals surface area (Å²) in [5.41, 5.74) is 0.471. The Hall–Kier alpha value is -0.160. The van der Waals surface area contributed by atoms with Gasteiger partial charge in [-0.3, -0.25) is 9.80 Å². The average molecular weight is 300 g/mol. The number of rotatable bonds is 10. The highest BCUT2D eigenvalue weighted by Gasteiger charge is 2.15. The van der Waals surface area contributed by atoms with Gasteiger partial charge in [0.25, 0.3) is 0 Å². The Morgan fingerprint density at radius 3 is 2.05 bits per heavy atom. The fourth-order valence-electron chi connectivity index (χ4n) is 2.71. The van der Waals surface area contributed by atoms with Crippen LogP contribution in [0.2, 0.25) is 0 Å². The van der Waals surface area contributed by atoms with Crippen molar-refractivity contribution in [2.45, 2.75) is 46.5 Å². The average Bonchev–Trinajstić information content (AvgIpc) is 2.43. The highest BCUT2D eigenvalue weighted by Crippen LogP contribution is 2.21. The standard InChI is InChI=1S/C17H36N2O2/c1-17(2,3)7-5-4-6-15-21-16-13-19-10-8-18(9-11-19)12-14-20/h20H,4-16H2,1-3H3. The summed E-state index contributed by atoms with van der Waals surface area (Å²) in [6.45, 7) is 15.2. The third-order valence-electron chi connectivity index (χ3n) is 4.15. The molecule has 1 N–H and O–H groups in total. The lowest BCUT2D eigenvalue weighted by Gasteiger charge is -2.34. The van der Waals surface area contributed by atoms with Crippen LogP contribution in [-0.2, 0) is 4.74 Å². The van der Waals surface area contributed by atoms with E-state index in [1.165, 1.54) is 25.7 Å². The molecule has 0 aromatic rings. The minimum Gasteiger partial charge on any atom is -0.395 e. The van der Waals surface area contributed by atoms with Crippen LogP contribution in [0.3, 0.4) is 0 Å². The molecule has 126 valence electrons. The lowest BCUT2D eigenvalue weighted by Crippen LogP contribution is -2.47. The fraction of sp³-hybridized carbons (Fsp3) is 1.00. The van der Waals surface area contributed by atoms with Crippen LogP contribution in [0.5, 0.6) is 0 Å². The topological polar surface area (TPSA) is 35.9 Å². The molecule has 1 saturated heterocycles. The summed E-state index contributed by atoms with van der Waals surface area (Å²) in [5.74, 6) is 0. The first-order chi connectivity index (χ1) is 10.0. The quantitative estimate of drug-likeness (QED) is 0.628. The molecule has 0 aromatic carbocycles. The summed E-state index contributed by atoms with van der Waals surface area (Å²) >= 11 is 0. The van der Waals surface area contributed by atoms with Crippen molar-refractivity contribution in [3.05, 3.63) is 0 Å². The van der Waals surface area contributed by atoms with Gasteiger partial charge < -0.3 is 9.84 Å². The first-order valence-electron chi connectivity index (χ1n) is 8.64. The number of unbranched alkanes of at least 4 members (excludes halogenated alkanes) is 2. The van der Waals surface area contributed by atoms with Crippen LogP contribution in [0, 0.1) is 5.41 Å². The number of ether oxygens (including phenoxy) is 1. The minimum absolute atomic E-state index is 0.276. The maximum atomic E-state index is 8.92. The van der Waals surface area contributed by atoms with Crippen LogP contribution >= 0.6 is 0 Å². The van der Waals surface area contributed by atoms with Gasteiger partial charge in [0.15, 0.2) is 0 Å². The van der Waals surface area contributed by atoms with Crippen LogP contribution in [0.25, 0.3) is 0 Å². The summed E-state index contributed by atoms with van der Waals surface area (Å²) in [6, 6.07) is 0. The molecule has 0 spiro atoms. The molecule has 0 aliphatic carbocycles. The lowest BCUT2D eigenvalue weighted by molar-refractivity contribution is 0.0684. The maximum Gasteiger partial charge on any atom is 0.0593 e. The highest BCUT2D eigenvalue weighted by atomic mass is 16.5. The van der Waals surface area contributed by atoms with Crippen LogP contribution in [0.4, 0.5) is 0 Å². The van der Waals surface area contributed by atoms with E-state index in [4.69, 9.17) is 9.84 Å². The van der Waals surface area contributed by atoms with Gasteiger partial charge in [-0.15, -0.1) is 0 Å². The summed E-state index contributed by atoms with van der Waals surface area (Å²) in [4.78, 5) is 4.79. The van der Waals surface area contributed by atoms with Gasteiger partial charge in [0.1, 0.15) is 0 Å². The molecule has 4 heteroatoms. The summed E-state index contributed by atoms with van der Waals surface area (Å²) in [6.07, 6.45) is 5.11. The van der Waals surface area contributed by atoms with E-state index in [1.54, 1.807) is 0 Å². The van der Waals surface area contributed by atoms with Gasteiger partial charge in [-0.25, -0.2) is 0 Å². The van der Waals surface area contributed by atoms with Crippen molar-refractivity contribution in [2.75, 3.05) is 59.1 Å². The second-order valence-corrected chi connectivity index (χ2v) is 7.39. The molecule has 1 aliphatic rings. The number of aliphatic hydroxyl groups is 1. The Morgan fingerprint density at radius 1 is 0.857 bits per heavy atom. The molecule has 0 radical (unpaired) electrons. The third-order valence-corrected chi connectivity index (χ3v) is 4.15. The summed E-state index contributed by atoms with van der Waals surface area (Å²) < 4.78 is 5.75. The first-order valence-corrected chi connectivity index (χ1v) is 8.64. The second kappa shape index (κ2) is 10.5. The molecule has 0 aromatic heterocycles. The van der Waals surface area contributed by atoms with Gasteiger partial charge in [-0.05, 0) is 18.3 Å². The Morgan fingerprint density at radius 2 is 1.48 bits per heavy atom. The zero-order chi connectivity index (χ0) is 15.6. The van der Waals surface area contributed by atoms with E-state index in [2.05, 4.69) is 30.6 Å². The second-order valence-electron chi connectivity index (χ2n) is 7.39. The molecule has 21 heavy (non-hydrogen) atoms. The molecule has 0 atom stereocenters. The van der Waals surface area contributed by atoms with Gasteiger partial charge in [0.05, 0.1) is 13.2 Å². The molecule has 1 rings (SSSR count). The van der Waals surface area contributed by atoms with Crippen molar-refractivity contribution in [3.8, 4) is 0 Å². The van der Waals surface area contributed by atoms with E-state index in [-0.39, 0.29) is 6.61 Å². The molecule has 0 amide bonds. The minimum atomic E-state index is 0.276. The molecule has 0 unspecified atom stereocenters. The SMILES string of the molecule is CC(C)(C)CCCCCOCCN1CCN(CCO)CC1. The Balaban J connectivity index is 1.87. The maximum absolute atomic E-state index is 8.92. The summed E-state index contributed by atoms with van der Waals surface area (Å²) in [5, 5.41) is 8.92. The molecular formula is C17H36N2O2. The Labute approximate surface area is 131 Å². The van der Waals surface area contributed by atoms with Crippen molar-refractivity contribution >= 4 is 0 Å². The van der Waals surface area contributed by atoms with Gasteiger partial charge in [0.2, 0.25) is 0 Å². The van der Waals surface area contributed by atoms with E-state index in [1.807, 2.05) is 0 Å². The molecular weight excluding hydrogens is 264 g/mol. The van der Waals surface area contributed by atoms with Gasteiger partial charge in [0, 0.05) is 45.9 Å². The van der Waals surface area contributed by atoms with E-state index in [9.17, 15) is 0 Å². The predicted molar refractivity (Wildman–Crippen MR) is 88.7 cm³/mol. The number of hydrogen-bond acceptors (Lipinski definition) is 4. The van der Waals surface area contributed by atoms with E-state index in [0.29, 0.717) is 5.41 Å². The van der Waals surface area contributed by atoms with E-state index >= 15 is 0 Å². The van der Waals surface area contributed by atoms with Crippen molar-refractivity contribution in [2.24, 2.45) is 5.41 Å². The van der Waals surface area contributed by atoms with Gasteiger partial charge in [-0.2, -0.15) is 0 Å². The van der Waals surface area contributed by atoms with Crippen LogP contribution in [0.15, 0.2) is 0 Å². The monoisotopic (exact) mass is 300 g/mol. The van der Waals surface area contributed by atoms with Gasteiger partial charge >= 0.3 is 0 Å². The first kappa shape index (κ1) is 18.9. The largest absolute Gasteiger partial charge is 0.395 e. The van der Waals surface area contributed by atoms with Crippen LogP contribution < -0.4 is 0 Å². The number of nitrogens with zero attached hydrogens (tertiary/aromatic N) is 2. The molecule has 0 saturated carbocycles. The molecule has 1 heterocycles.